The third-order valence-electron chi connectivity index (χ3n) is 4.52. The zero-order valence-electron chi connectivity index (χ0n) is 15.6. The minimum Gasteiger partial charge on any atom is -0.325 e. The number of anilines is 1. The van der Waals surface area contributed by atoms with Gasteiger partial charge in [-0.05, 0) is 40.1 Å². The lowest BCUT2D eigenvalue weighted by Gasteiger charge is -2.08. The summed E-state index contributed by atoms with van der Waals surface area (Å²) in [5.41, 5.74) is 3.04. The van der Waals surface area contributed by atoms with Crippen molar-refractivity contribution in [3.8, 4) is 5.69 Å². The summed E-state index contributed by atoms with van der Waals surface area (Å²) in [6.45, 7) is 0. The van der Waals surface area contributed by atoms with Gasteiger partial charge in [-0.25, -0.2) is 0 Å². The van der Waals surface area contributed by atoms with Crippen molar-refractivity contribution in [3.05, 3.63) is 73.1 Å². The molecular weight excluding hydrogens is 398 g/mol. The number of hydrogen-bond acceptors (Lipinski definition) is 7. The Morgan fingerprint density at radius 2 is 1.80 bits per heavy atom. The van der Waals surface area contributed by atoms with E-state index < -0.39 is 0 Å². The summed E-state index contributed by atoms with van der Waals surface area (Å²) in [4.78, 5) is 20.9. The summed E-state index contributed by atoms with van der Waals surface area (Å²) in [6.07, 6.45) is 3.26. The molecular formula is C21H15N7OS. The molecule has 2 heterocycles. The van der Waals surface area contributed by atoms with Crippen molar-refractivity contribution in [2.24, 2.45) is 0 Å². The maximum absolute atomic E-state index is 12.5. The third-order valence-corrected chi connectivity index (χ3v) is 5.44. The molecule has 0 spiro atoms. The van der Waals surface area contributed by atoms with Crippen LogP contribution in [0.3, 0.4) is 0 Å². The van der Waals surface area contributed by atoms with Gasteiger partial charge in [-0.15, -0.1) is 5.10 Å². The molecule has 0 aliphatic rings. The van der Waals surface area contributed by atoms with E-state index in [1.807, 2.05) is 48.5 Å². The average Bonchev–Trinajstić information content (AvgIpc) is 3.26. The van der Waals surface area contributed by atoms with Crippen LogP contribution in [0.1, 0.15) is 0 Å². The van der Waals surface area contributed by atoms with Crippen LogP contribution in [-0.2, 0) is 4.79 Å². The fourth-order valence-electron chi connectivity index (χ4n) is 3.18. The molecule has 0 fully saturated rings. The molecule has 5 rings (SSSR count). The number of benzene rings is 3. The minimum absolute atomic E-state index is 0.157. The number of carbonyl (C=O) groups excluding carboxylic acids is 1. The van der Waals surface area contributed by atoms with Gasteiger partial charge < -0.3 is 5.32 Å². The highest BCUT2D eigenvalue weighted by Gasteiger charge is 2.14. The summed E-state index contributed by atoms with van der Waals surface area (Å²) in [5, 5.41) is 17.6. The van der Waals surface area contributed by atoms with E-state index in [2.05, 4.69) is 30.8 Å². The summed E-state index contributed by atoms with van der Waals surface area (Å²) >= 11 is 1.27. The van der Waals surface area contributed by atoms with E-state index in [-0.39, 0.29) is 11.7 Å². The molecule has 8 nitrogen and oxygen atoms in total. The molecule has 0 unspecified atom stereocenters. The first-order valence-electron chi connectivity index (χ1n) is 9.18. The number of aromatic nitrogens is 6. The Kier molecular flexibility index (Phi) is 4.78. The molecule has 146 valence electrons. The molecule has 1 amide bonds. The quantitative estimate of drug-likeness (QED) is 0.440. The van der Waals surface area contributed by atoms with Gasteiger partial charge in [0.25, 0.3) is 0 Å². The molecule has 2 aromatic heterocycles. The summed E-state index contributed by atoms with van der Waals surface area (Å²) in [7, 11) is 0. The summed E-state index contributed by atoms with van der Waals surface area (Å²) in [5.74, 6) is 0.0135. The van der Waals surface area contributed by atoms with Crippen LogP contribution < -0.4 is 5.32 Å². The van der Waals surface area contributed by atoms with E-state index in [0.717, 1.165) is 27.5 Å². The zero-order chi connectivity index (χ0) is 20.3. The highest BCUT2D eigenvalue weighted by atomic mass is 32.2. The predicted octanol–water partition coefficient (Wildman–Crippen LogP) is 3.49. The van der Waals surface area contributed by atoms with E-state index in [0.29, 0.717) is 10.8 Å². The molecule has 0 atom stereocenters. The maximum Gasteiger partial charge on any atom is 0.234 e. The fourth-order valence-corrected chi connectivity index (χ4v) is 3.87. The Morgan fingerprint density at radius 3 is 2.73 bits per heavy atom. The summed E-state index contributed by atoms with van der Waals surface area (Å²) in [6, 6.07) is 19.4. The number of rotatable bonds is 5. The number of hydrogen-bond donors (Lipinski definition) is 1. The van der Waals surface area contributed by atoms with E-state index in [9.17, 15) is 4.79 Å². The van der Waals surface area contributed by atoms with Crippen LogP contribution in [0, 0.1) is 0 Å². The van der Waals surface area contributed by atoms with Gasteiger partial charge in [-0.3, -0.25) is 14.8 Å². The summed E-state index contributed by atoms with van der Waals surface area (Å²) < 4.78 is 1.66. The van der Waals surface area contributed by atoms with Crippen molar-refractivity contribution in [1.29, 1.82) is 0 Å². The Labute approximate surface area is 175 Å². The van der Waals surface area contributed by atoms with Crippen LogP contribution in [0.15, 0.2) is 78.2 Å². The number of thioether (sulfide) groups is 1. The Balaban J connectivity index is 1.32. The van der Waals surface area contributed by atoms with Crippen LogP contribution in [0.5, 0.6) is 0 Å². The van der Waals surface area contributed by atoms with E-state index in [1.54, 1.807) is 29.2 Å². The van der Waals surface area contributed by atoms with Gasteiger partial charge in [-0.1, -0.05) is 48.2 Å². The molecule has 5 aromatic rings. The second kappa shape index (κ2) is 7.88. The molecule has 0 saturated carbocycles. The Bertz CT molecular complexity index is 1360. The lowest BCUT2D eigenvalue weighted by atomic mass is 10.1. The average molecular weight is 413 g/mol. The zero-order valence-corrected chi connectivity index (χ0v) is 16.5. The van der Waals surface area contributed by atoms with E-state index in [4.69, 9.17) is 0 Å². The second-order valence-corrected chi connectivity index (χ2v) is 7.41. The van der Waals surface area contributed by atoms with Gasteiger partial charge in [-0.2, -0.15) is 4.68 Å². The molecule has 0 bridgehead atoms. The molecule has 1 N–H and O–H groups in total. The van der Waals surface area contributed by atoms with Crippen molar-refractivity contribution in [3.63, 3.8) is 0 Å². The van der Waals surface area contributed by atoms with Crippen molar-refractivity contribution >= 4 is 45.2 Å². The molecule has 9 heteroatoms. The first kappa shape index (κ1) is 18.2. The van der Waals surface area contributed by atoms with Gasteiger partial charge in [0.1, 0.15) is 0 Å². The Morgan fingerprint density at radius 1 is 0.967 bits per heavy atom. The van der Waals surface area contributed by atoms with Crippen molar-refractivity contribution < 1.29 is 4.79 Å². The van der Waals surface area contributed by atoms with Crippen LogP contribution in [0.2, 0.25) is 0 Å². The molecule has 0 radical (unpaired) electrons. The van der Waals surface area contributed by atoms with Gasteiger partial charge >= 0.3 is 0 Å². The maximum atomic E-state index is 12.5. The number of fused-ring (bicyclic) bond motifs is 2. The monoisotopic (exact) mass is 413 g/mol. The lowest BCUT2D eigenvalue weighted by molar-refractivity contribution is -0.113. The first-order valence-corrected chi connectivity index (χ1v) is 10.2. The van der Waals surface area contributed by atoms with Crippen molar-refractivity contribution in [2.75, 3.05) is 11.1 Å². The largest absolute Gasteiger partial charge is 0.325 e. The lowest BCUT2D eigenvalue weighted by Crippen LogP contribution is -2.14. The smallest absolute Gasteiger partial charge is 0.234 e. The molecule has 0 aliphatic heterocycles. The highest BCUT2D eigenvalue weighted by molar-refractivity contribution is 7.99. The van der Waals surface area contributed by atoms with Crippen LogP contribution in [0.25, 0.3) is 27.5 Å². The topological polar surface area (TPSA) is 98.5 Å². The molecule has 3 aromatic carbocycles. The van der Waals surface area contributed by atoms with Gasteiger partial charge in [0.2, 0.25) is 11.1 Å². The minimum atomic E-state index is -0.157. The normalized spacial score (nSPS) is 11.1. The fraction of sp³-hybridized carbons (Fsp3) is 0.0476. The standard InChI is InChI=1S/C21H15N7OS/c29-20(24-15-8-9-17-18(12-15)23-11-10-22-17)13-30-21-25-26-27-28(21)19-7-3-5-14-4-1-2-6-16(14)19/h1-12H,13H2,(H,24,29). The van der Waals surface area contributed by atoms with Crippen LogP contribution >= 0.6 is 11.8 Å². The Hall–Kier alpha value is -3.85. The molecule has 30 heavy (non-hydrogen) atoms. The van der Waals surface area contributed by atoms with Crippen LogP contribution in [-0.4, -0.2) is 41.8 Å². The number of nitrogens with zero attached hydrogens (tertiary/aromatic N) is 6. The third kappa shape index (κ3) is 3.58. The number of carbonyl (C=O) groups is 1. The molecule has 0 saturated heterocycles. The van der Waals surface area contributed by atoms with Gasteiger partial charge in [0.15, 0.2) is 0 Å². The van der Waals surface area contributed by atoms with Crippen molar-refractivity contribution in [2.45, 2.75) is 5.16 Å². The predicted molar refractivity (Wildman–Crippen MR) is 116 cm³/mol. The van der Waals surface area contributed by atoms with Crippen molar-refractivity contribution in [1.82, 2.24) is 30.2 Å². The highest BCUT2D eigenvalue weighted by Crippen LogP contribution is 2.25. The first-order chi connectivity index (χ1) is 14.8. The SMILES string of the molecule is O=C(CSc1nnnn1-c1cccc2ccccc12)Nc1ccc2nccnc2c1. The number of nitrogens with one attached hydrogen (secondary N) is 1. The molecule has 0 aliphatic carbocycles. The van der Waals surface area contributed by atoms with Gasteiger partial charge in [0, 0.05) is 23.5 Å². The second-order valence-electron chi connectivity index (χ2n) is 6.47. The van der Waals surface area contributed by atoms with E-state index >= 15 is 0 Å². The number of amides is 1. The number of tetrazole rings is 1. The van der Waals surface area contributed by atoms with Gasteiger partial charge in [0.05, 0.1) is 22.5 Å². The van der Waals surface area contributed by atoms with E-state index in [1.165, 1.54) is 11.8 Å². The van der Waals surface area contributed by atoms with Crippen LogP contribution in [0.4, 0.5) is 5.69 Å².